The molecule has 104 valence electrons. The fourth-order valence-corrected chi connectivity index (χ4v) is 3.42. The van der Waals surface area contributed by atoms with Gasteiger partial charge in [0.25, 0.3) is 6.43 Å². The predicted octanol–water partition coefficient (Wildman–Crippen LogP) is 3.32. The molecule has 2 rings (SSSR count). The third-order valence-electron chi connectivity index (χ3n) is 3.00. The molecule has 2 aromatic rings. The molecule has 0 amide bonds. The second-order valence-corrected chi connectivity index (χ2v) is 5.75. The van der Waals surface area contributed by atoms with Crippen molar-refractivity contribution in [1.82, 2.24) is 10.2 Å². The molecule has 0 aliphatic carbocycles. The van der Waals surface area contributed by atoms with Crippen LogP contribution in [0.4, 0.5) is 8.78 Å². The van der Waals surface area contributed by atoms with E-state index in [4.69, 9.17) is 0 Å². The Balaban J connectivity index is 2.30. The van der Waals surface area contributed by atoms with E-state index in [1.807, 2.05) is 19.2 Å². The molecule has 0 atom stereocenters. The quantitative estimate of drug-likeness (QED) is 0.875. The van der Waals surface area contributed by atoms with Crippen molar-refractivity contribution >= 4 is 21.4 Å². The highest BCUT2D eigenvalue weighted by Gasteiger charge is 2.15. The first-order valence-corrected chi connectivity index (χ1v) is 7.04. The topological polar surface area (TPSA) is 15.3 Å². The molecule has 0 saturated carbocycles. The molecule has 0 aliphatic heterocycles. The highest BCUT2D eigenvalue weighted by atomic mass is 32.1. The van der Waals surface area contributed by atoms with E-state index in [1.54, 1.807) is 23.3 Å². The lowest BCUT2D eigenvalue weighted by Gasteiger charge is -2.16. The summed E-state index contributed by atoms with van der Waals surface area (Å²) in [6.07, 6.45) is -2.29. The van der Waals surface area contributed by atoms with Crippen LogP contribution in [0.15, 0.2) is 24.3 Å². The number of nitrogens with one attached hydrogen (secondary N) is 1. The minimum absolute atomic E-state index is 0.191. The maximum absolute atomic E-state index is 12.4. The van der Waals surface area contributed by atoms with Gasteiger partial charge in [-0.2, -0.15) is 0 Å². The van der Waals surface area contributed by atoms with E-state index in [0.29, 0.717) is 6.54 Å². The van der Waals surface area contributed by atoms with Gasteiger partial charge in [-0.05, 0) is 31.1 Å². The van der Waals surface area contributed by atoms with E-state index in [9.17, 15) is 8.78 Å². The summed E-state index contributed by atoms with van der Waals surface area (Å²) in [7, 11) is 3.64. The molecular formula is C14H18F2N2S. The minimum atomic E-state index is -2.29. The molecule has 1 aromatic carbocycles. The van der Waals surface area contributed by atoms with Gasteiger partial charge in [0.1, 0.15) is 0 Å². The van der Waals surface area contributed by atoms with Gasteiger partial charge in [-0.25, -0.2) is 8.78 Å². The fraction of sp³-hybridized carbons (Fsp3) is 0.429. The average Bonchev–Trinajstić information content (AvgIpc) is 2.67. The van der Waals surface area contributed by atoms with Crippen molar-refractivity contribution in [3.05, 3.63) is 34.7 Å². The molecule has 1 N–H and O–H groups in total. The summed E-state index contributed by atoms with van der Waals surface area (Å²) in [5.74, 6) is 0. The van der Waals surface area contributed by atoms with Crippen LogP contribution in [-0.4, -0.2) is 32.0 Å². The fourth-order valence-electron chi connectivity index (χ4n) is 2.20. The van der Waals surface area contributed by atoms with Crippen LogP contribution >= 0.6 is 11.3 Å². The maximum atomic E-state index is 12.4. The second-order valence-electron chi connectivity index (χ2n) is 4.62. The minimum Gasteiger partial charge on any atom is -0.315 e. The van der Waals surface area contributed by atoms with Crippen LogP contribution in [0.1, 0.15) is 10.4 Å². The molecule has 0 radical (unpaired) electrons. The third-order valence-corrected chi connectivity index (χ3v) is 4.21. The zero-order valence-electron chi connectivity index (χ0n) is 11.1. The Labute approximate surface area is 116 Å². The maximum Gasteiger partial charge on any atom is 0.251 e. The Morgan fingerprint density at radius 3 is 2.74 bits per heavy atom. The normalized spacial score (nSPS) is 11.9. The van der Waals surface area contributed by atoms with Crippen LogP contribution in [0, 0.1) is 0 Å². The molecule has 5 heteroatoms. The van der Waals surface area contributed by atoms with E-state index in [1.165, 1.54) is 15.0 Å². The summed E-state index contributed by atoms with van der Waals surface area (Å²) in [5.41, 5.74) is 1.16. The number of alkyl halides is 2. The summed E-state index contributed by atoms with van der Waals surface area (Å²) < 4.78 is 26.1. The van der Waals surface area contributed by atoms with Crippen LogP contribution in [0.25, 0.3) is 10.1 Å². The highest BCUT2D eigenvalue weighted by Crippen LogP contribution is 2.32. The average molecular weight is 284 g/mol. The van der Waals surface area contributed by atoms with Crippen molar-refractivity contribution in [2.75, 3.05) is 20.6 Å². The van der Waals surface area contributed by atoms with Crippen molar-refractivity contribution in [3.8, 4) is 0 Å². The van der Waals surface area contributed by atoms with E-state index in [-0.39, 0.29) is 6.54 Å². The second kappa shape index (κ2) is 6.41. The van der Waals surface area contributed by atoms with Crippen LogP contribution in [0.5, 0.6) is 0 Å². The Kier molecular flexibility index (Phi) is 4.85. The molecule has 1 heterocycles. The Hall–Kier alpha value is -1.04. The van der Waals surface area contributed by atoms with Crippen molar-refractivity contribution < 1.29 is 8.78 Å². The summed E-state index contributed by atoms with van der Waals surface area (Å²) in [5, 5.41) is 4.32. The first kappa shape index (κ1) is 14.4. The van der Waals surface area contributed by atoms with E-state index in [0.717, 1.165) is 12.1 Å². The lowest BCUT2D eigenvalue weighted by atomic mass is 10.1. The summed E-state index contributed by atoms with van der Waals surface area (Å²) in [6.45, 7) is 1.14. The van der Waals surface area contributed by atoms with E-state index in [2.05, 4.69) is 17.4 Å². The molecule has 0 fully saturated rings. The molecule has 0 saturated heterocycles. The van der Waals surface area contributed by atoms with Gasteiger partial charge < -0.3 is 5.32 Å². The first-order chi connectivity index (χ1) is 9.11. The lowest BCUT2D eigenvalue weighted by molar-refractivity contribution is 0.0976. The predicted molar refractivity (Wildman–Crippen MR) is 76.9 cm³/mol. The number of hydrogen-bond acceptors (Lipinski definition) is 3. The standard InChI is InChI=1S/C14H18F2N2S/c1-17-7-13-11(8-18(2)9-14(15)16)10-5-3-4-6-12(10)19-13/h3-6,14,17H,7-9H2,1-2H3. The molecule has 0 spiro atoms. The molecule has 0 bridgehead atoms. The van der Waals surface area contributed by atoms with Crippen molar-refractivity contribution in [1.29, 1.82) is 0 Å². The SMILES string of the molecule is CNCc1sc2ccccc2c1CN(C)CC(F)F. The molecule has 2 nitrogen and oxygen atoms in total. The van der Waals surface area contributed by atoms with Crippen molar-refractivity contribution in [3.63, 3.8) is 0 Å². The van der Waals surface area contributed by atoms with Gasteiger partial charge in [0, 0.05) is 22.7 Å². The zero-order chi connectivity index (χ0) is 13.8. The number of rotatable bonds is 6. The van der Waals surface area contributed by atoms with Gasteiger partial charge in [-0.1, -0.05) is 18.2 Å². The lowest BCUT2D eigenvalue weighted by Crippen LogP contribution is -2.24. The Bertz CT molecular complexity index is 539. The van der Waals surface area contributed by atoms with E-state index < -0.39 is 6.43 Å². The van der Waals surface area contributed by atoms with Gasteiger partial charge in [0.15, 0.2) is 0 Å². The zero-order valence-corrected chi connectivity index (χ0v) is 11.9. The Morgan fingerprint density at radius 2 is 2.05 bits per heavy atom. The number of benzene rings is 1. The van der Waals surface area contributed by atoms with Gasteiger partial charge in [0.05, 0.1) is 6.54 Å². The Morgan fingerprint density at radius 1 is 1.32 bits per heavy atom. The molecular weight excluding hydrogens is 266 g/mol. The first-order valence-electron chi connectivity index (χ1n) is 6.22. The largest absolute Gasteiger partial charge is 0.315 e. The van der Waals surface area contributed by atoms with Gasteiger partial charge in [-0.15, -0.1) is 11.3 Å². The number of thiophene rings is 1. The molecule has 1 aromatic heterocycles. The van der Waals surface area contributed by atoms with Crippen molar-refractivity contribution in [2.24, 2.45) is 0 Å². The monoisotopic (exact) mass is 284 g/mol. The summed E-state index contributed by atoms with van der Waals surface area (Å²) in [6, 6.07) is 8.15. The van der Waals surface area contributed by atoms with Crippen LogP contribution < -0.4 is 5.32 Å². The van der Waals surface area contributed by atoms with Crippen molar-refractivity contribution in [2.45, 2.75) is 19.5 Å². The van der Waals surface area contributed by atoms with Gasteiger partial charge in [0.2, 0.25) is 0 Å². The number of fused-ring (bicyclic) bond motifs is 1. The van der Waals surface area contributed by atoms with E-state index >= 15 is 0 Å². The number of nitrogens with zero attached hydrogens (tertiary/aromatic N) is 1. The number of hydrogen-bond donors (Lipinski definition) is 1. The summed E-state index contributed by atoms with van der Waals surface area (Å²) >= 11 is 1.73. The third kappa shape index (κ3) is 3.49. The molecule has 19 heavy (non-hydrogen) atoms. The summed E-state index contributed by atoms with van der Waals surface area (Å²) in [4.78, 5) is 2.91. The molecule has 0 unspecified atom stereocenters. The van der Waals surface area contributed by atoms with Crippen LogP contribution in [-0.2, 0) is 13.1 Å². The number of halogens is 2. The molecule has 0 aliphatic rings. The van der Waals surface area contributed by atoms with Gasteiger partial charge >= 0.3 is 0 Å². The van der Waals surface area contributed by atoms with Crippen LogP contribution in [0.2, 0.25) is 0 Å². The smallest absolute Gasteiger partial charge is 0.251 e. The van der Waals surface area contributed by atoms with Gasteiger partial charge in [-0.3, -0.25) is 4.90 Å². The van der Waals surface area contributed by atoms with Crippen LogP contribution in [0.3, 0.4) is 0 Å². The highest BCUT2D eigenvalue weighted by molar-refractivity contribution is 7.19.